The van der Waals surface area contributed by atoms with Crippen LogP contribution < -0.4 is 11.1 Å². The fourth-order valence-electron chi connectivity index (χ4n) is 2.06. The molecule has 0 aliphatic rings. The lowest BCUT2D eigenvalue weighted by Crippen LogP contribution is -2.52. The number of amides is 2. The molecule has 0 aromatic heterocycles. The third-order valence-electron chi connectivity index (χ3n) is 3.47. The van der Waals surface area contributed by atoms with Gasteiger partial charge in [0.2, 0.25) is 11.8 Å². The van der Waals surface area contributed by atoms with Gasteiger partial charge in [0.15, 0.2) is 0 Å². The highest BCUT2D eigenvalue weighted by molar-refractivity contribution is 7.80. The van der Waals surface area contributed by atoms with Gasteiger partial charge in [0.05, 0.1) is 16.9 Å². The maximum atomic E-state index is 12.6. The topological polar surface area (TPSA) is 75.4 Å². The molecule has 3 N–H and O–H groups in total. The van der Waals surface area contributed by atoms with Gasteiger partial charge in [-0.05, 0) is 26.7 Å². The molecular weight excluding hydrogens is 262 g/mol. The Labute approximate surface area is 120 Å². The summed E-state index contributed by atoms with van der Waals surface area (Å²) in [5.74, 6) is -0.319. The zero-order valence-corrected chi connectivity index (χ0v) is 13.1. The molecule has 0 fully saturated rings. The molecule has 6 heteroatoms. The van der Waals surface area contributed by atoms with Crippen LogP contribution in [0.4, 0.5) is 0 Å². The van der Waals surface area contributed by atoms with E-state index in [0.29, 0.717) is 25.9 Å². The van der Waals surface area contributed by atoms with Crippen molar-refractivity contribution in [1.82, 2.24) is 10.2 Å². The van der Waals surface area contributed by atoms with Gasteiger partial charge in [-0.1, -0.05) is 26.1 Å². The summed E-state index contributed by atoms with van der Waals surface area (Å²) in [6.07, 6.45) is 1.09. The molecule has 0 spiro atoms. The van der Waals surface area contributed by atoms with Crippen molar-refractivity contribution in [2.24, 2.45) is 11.1 Å². The lowest BCUT2D eigenvalue weighted by Gasteiger charge is -2.34. The molecule has 0 saturated heterocycles. The summed E-state index contributed by atoms with van der Waals surface area (Å²) < 4.78 is 0. The molecule has 0 radical (unpaired) electrons. The van der Waals surface area contributed by atoms with Crippen LogP contribution in [0.1, 0.15) is 40.5 Å². The fraction of sp³-hybridized carbons (Fsp3) is 0.769. The molecule has 0 unspecified atom stereocenters. The van der Waals surface area contributed by atoms with E-state index in [9.17, 15) is 9.59 Å². The largest absolute Gasteiger partial charge is 0.392 e. The number of thiocarbonyl (C=S) groups is 1. The van der Waals surface area contributed by atoms with E-state index in [1.807, 2.05) is 27.7 Å². The lowest BCUT2D eigenvalue weighted by molar-refractivity contribution is -0.141. The average Bonchev–Trinajstić information content (AvgIpc) is 2.37. The van der Waals surface area contributed by atoms with Gasteiger partial charge in [-0.25, -0.2) is 0 Å². The molecule has 0 saturated carbocycles. The Balaban J connectivity index is 5.09. The van der Waals surface area contributed by atoms with Gasteiger partial charge in [-0.2, -0.15) is 0 Å². The van der Waals surface area contributed by atoms with Crippen molar-refractivity contribution < 1.29 is 9.59 Å². The van der Waals surface area contributed by atoms with Crippen LogP contribution in [0.15, 0.2) is 0 Å². The molecule has 2 amide bonds. The molecular formula is C13H25N3O2S. The quantitative estimate of drug-likeness (QED) is 0.655. The minimum Gasteiger partial charge on any atom is -0.392 e. The Morgan fingerprint density at radius 1 is 1.21 bits per heavy atom. The number of likely N-dealkylation sites (N-methyl/N-ethyl adjacent to an activating group) is 2. The SMILES string of the molecule is CCNC(=O)CN(CC)C(=O)C(CC)(CC)C(N)=S. The number of hydrogen-bond donors (Lipinski definition) is 2. The highest BCUT2D eigenvalue weighted by Crippen LogP contribution is 2.29. The van der Waals surface area contributed by atoms with Crippen molar-refractivity contribution >= 4 is 29.0 Å². The van der Waals surface area contributed by atoms with E-state index >= 15 is 0 Å². The summed E-state index contributed by atoms with van der Waals surface area (Å²) in [4.78, 5) is 26.0. The van der Waals surface area contributed by atoms with Crippen molar-refractivity contribution in [3.8, 4) is 0 Å². The normalized spacial score (nSPS) is 10.9. The highest BCUT2D eigenvalue weighted by atomic mass is 32.1. The standard InChI is InChI=1S/C13H25N3O2S/c1-5-13(6-2,11(14)19)12(18)16(8-4)9-10(17)15-7-3/h5-9H2,1-4H3,(H2,14,19)(H,15,17). The minimum absolute atomic E-state index is 0.0491. The second kappa shape index (κ2) is 8.09. The van der Waals surface area contributed by atoms with Crippen molar-refractivity contribution in [1.29, 1.82) is 0 Å². The number of carbonyl (C=O) groups excluding carboxylic acids is 2. The van der Waals surface area contributed by atoms with Crippen molar-refractivity contribution in [2.45, 2.75) is 40.5 Å². The maximum Gasteiger partial charge on any atom is 0.239 e. The number of nitrogens with one attached hydrogen (secondary N) is 1. The Morgan fingerprint density at radius 2 is 1.74 bits per heavy atom. The smallest absolute Gasteiger partial charge is 0.239 e. The predicted octanol–water partition coefficient (Wildman–Crippen LogP) is 1.06. The maximum absolute atomic E-state index is 12.6. The molecule has 110 valence electrons. The molecule has 19 heavy (non-hydrogen) atoms. The summed E-state index contributed by atoms with van der Waals surface area (Å²) in [7, 11) is 0. The first-order valence-corrected chi connectivity index (χ1v) is 7.16. The van der Waals surface area contributed by atoms with Crippen molar-refractivity contribution in [2.75, 3.05) is 19.6 Å². The summed E-state index contributed by atoms with van der Waals surface area (Å²) in [5.41, 5.74) is 4.92. The first kappa shape index (κ1) is 17.8. The van der Waals surface area contributed by atoms with Crippen LogP contribution in [0.3, 0.4) is 0 Å². The van der Waals surface area contributed by atoms with Crippen LogP contribution in [0.25, 0.3) is 0 Å². The van der Waals surface area contributed by atoms with Gasteiger partial charge in [0.1, 0.15) is 0 Å². The summed E-state index contributed by atoms with van der Waals surface area (Å²) in [5, 5.41) is 2.68. The molecule has 0 aromatic rings. The molecule has 0 rings (SSSR count). The summed E-state index contributed by atoms with van der Waals surface area (Å²) >= 11 is 5.07. The van der Waals surface area contributed by atoms with E-state index in [1.54, 1.807) is 0 Å². The Morgan fingerprint density at radius 3 is 2.05 bits per heavy atom. The van der Waals surface area contributed by atoms with Crippen molar-refractivity contribution in [3.63, 3.8) is 0 Å². The number of hydrogen-bond acceptors (Lipinski definition) is 3. The van der Waals surface area contributed by atoms with Crippen molar-refractivity contribution in [3.05, 3.63) is 0 Å². The Bertz CT molecular complexity index is 341. The van der Waals surface area contributed by atoms with Crippen LogP contribution in [0.5, 0.6) is 0 Å². The van der Waals surface area contributed by atoms with E-state index in [1.165, 1.54) is 4.90 Å². The Hall–Kier alpha value is -1.17. The second-order valence-electron chi connectivity index (χ2n) is 4.43. The van der Waals surface area contributed by atoms with Crippen LogP contribution in [0, 0.1) is 5.41 Å². The van der Waals surface area contributed by atoms with E-state index < -0.39 is 5.41 Å². The third-order valence-corrected chi connectivity index (χ3v) is 3.86. The van der Waals surface area contributed by atoms with Crippen LogP contribution in [-0.2, 0) is 9.59 Å². The molecule has 0 aliphatic heterocycles. The number of nitrogens with zero attached hydrogens (tertiary/aromatic N) is 1. The first-order valence-electron chi connectivity index (χ1n) is 6.75. The number of rotatable bonds is 8. The Kier molecular flexibility index (Phi) is 7.59. The molecule has 0 heterocycles. The highest BCUT2D eigenvalue weighted by Gasteiger charge is 2.40. The summed E-state index contributed by atoms with van der Waals surface area (Å²) in [6, 6.07) is 0. The molecule has 5 nitrogen and oxygen atoms in total. The van der Waals surface area contributed by atoms with Gasteiger partial charge in [0.25, 0.3) is 0 Å². The van der Waals surface area contributed by atoms with Crippen LogP contribution >= 0.6 is 12.2 Å². The fourth-order valence-corrected chi connectivity index (χ4v) is 2.44. The lowest BCUT2D eigenvalue weighted by atomic mass is 9.80. The molecule has 0 aliphatic carbocycles. The van der Waals surface area contributed by atoms with Gasteiger partial charge in [-0.15, -0.1) is 0 Å². The van der Waals surface area contributed by atoms with Gasteiger partial charge in [0, 0.05) is 13.1 Å². The van der Waals surface area contributed by atoms with Crippen LogP contribution in [-0.4, -0.2) is 41.3 Å². The number of nitrogens with two attached hydrogens (primary N) is 1. The zero-order chi connectivity index (χ0) is 15.1. The molecule has 0 atom stereocenters. The average molecular weight is 287 g/mol. The second-order valence-corrected chi connectivity index (χ2v) is 4.87. The molecule has 0 aromatic carbocycles. The molecule has 0 bridgehead atoms. The van der Waals surface area contributed by atoms with Gasteiger partial charge >= 0.3 is 0 Å². The van der Waals surface area contributed by atoms with Gasteiger partial charge in [-0.3, -0.25) is 9.59 Å². The van der Waals surface area contributed by atoms with E-state index in [-0.39, 0.29) is 23.3 Å². The minimum atomic E-state index is -0.835. The summed E-state index contributed by atoms with van der Waals surface area (Å²) in [6.45, 7) is 8.52. The van der Waals surface area contributed by atoms with Gasteiger partial charge < -0.3 is 16.0 Å². The predicted molar refractivity (Wildman–Crippen MR) is 80.7 cm³/mol. The van der Waals surface area contributed by atoms with Crippen LogP contribution in [0.2, 0.25) is 0 Å². The van der Waals surface area contributed by atoms with E-state index in [0.717, 1.165) is 0 Å². The third kappa shape index (κ3) is 4.16. The van der Waals surface area contributed by atoms with E-state index in [2.05, 4.69) is 5.32 Å². The zero-order valence-electron chi connectivity index (χ0n) is 12.3. The first-order chi connectivity index (χ1) is 8.89. The monoisotopic (exact) mass is 287 g/mol. The van der Waals surface area contributed by atoms with E-state index in [4.69, 9.17) is 18.0 Å². The number of carbonyl (C=O) groups is 2.